The van der Waals surface area contributed by atoms with Crippen molar-refractivity contribution in [2.75, 3.05) is 5.32 Å². The van der Waals surface area contributed by atoms with E-state index in [1.807, 2.05) is 0 Å². The van der Waals surface area contributed by atoms with Crippen molar-refractivity contribution in [2.45, 2.75) is 5.75 Å². The molecule has 1 N–H and O–H groups in total. The highest BCUT2D eigenvalue weighted by atomic mass is 32.2. The minimum atomic E-state index is -3.96. The number of nitrogens with zero attached hydrogens (tertiary/aromatic N) is 1. The van der Waals surface area contributed by atoms with Crippen LogP contribution >= 0.6 is 0 Å². The van der Waals surface area contributed by atoms with Crippen LogP contribution in [0.3, 0.4) is 0 Å². The summed E-state index contributed by atoms with van der Waals surface area (Å²) in [5, 5.41) is 13.2. The second kappa shape index (κ2) is 7.92. The van der Waals surface area contributed by atoms with Gasteiger partial charge in [-0.05, 0) is 42.0 Å². The van der Waals surface area contributed by atoms with Gasteiger partial charge in [-0.15, -0.1) is 0 Å². The Morgan fingerprint density at radius 1 is 1.07 bits per heavy atom. The van der Waals surface area contributed by atoms with Gasteiger partial charge in [-0.1, -0.05) is 12.1 Å². The molecule has 0 aliphatic rings. The van der Waals surface area contributed by atoms with Crippen molar-refractivity contribution in [2.24, 2.45) is 0 Å². The highest BCUT2D eigenvalue weighted by Crippen LogP contribution is 2.20. The van der Waals surface area contributed by atoms with Gasteiger partial charge in [0.15, 0.2) is 5.76 Å². The highest BCUT2D eigenvalue weighted by molar-refractivity contribution is 7.86. The van der Waals surface area contributed by atoms with Gasteiger partial charge >= 0.3 is 10.1 Å². The quantitative estimate of drug-likeness (QED) is 0.364. The predicted molar refractivity (Wildman–Crippen MR) is 99.5 cm³/mol. The lowest BCUT2D eigenvalue weighted by molar-refractivity contribution is -0.384. The predicted octanol–water partition coefficient (Wildman–Crippen LogP) is 3.35. The number of furan rings is 1. The van der Waals surface area contributed by atoms with Gasteiger partial charge in [0.25, 0.3) is 11.6 Å². The van der Waals surface area contributed by atoms with Crippen LogP contribution in [0.25, 0.3) is 0 Å². The zero-order valence-corrected chi connectivity index (χ0v) is 15.1. The highest BCUT2D eigenvalue weighted by Gasteiger charge is 2.16. The molecule has 9 nitrogen and oxygen atoms in total. The molecular formula is C18H14N2O7S. The molecular weight excluding hydrogens is 388 g/mol. The third-order valence-electron chi connectivity index (χ3n) is 3.57. The molecule has 144 valence electrons. The van der Waals surface area contributed by atoms with Gasteiger partial charge in [0.1, 0.15) is 11.5 Å². The molecule has 3 rings (SSSR count). The monoisotopic (exact) mass is 402 g/mol. The second-order valence-electron chi connectivity index (χ2n) is 5.66. The Morgan fingerprint density at radius 2 is 1.75 bits per heavy atom. The molecule has 28 heavy (non-hydrogen) atoms. The summed E-state index contributed by atoms with van der Waals surface area (Å²) in [6.07, 6.45) is 1.38. The molecule has 0 spiro atoms. The standard InChI is InChI=1S/C18H14N2O7S/c21-18(17-2-1-11-26-17)19-14-5-9-16(10-6-14)27-28(24,25)12-13-3-7-15(8-4-13)20(22)23/h1-11H,12H2,(H,19,21). The molecule has 0 saturated carbocycles. The van der Waals surface area contributed by atoms with E-state index >= 15 is 0 Å². The van der Waals surface area contributed by atoms with Crippen molar-refractivity contribution in [3.63, 3.8) is 0 Å². The van der Waals surface area contributed by atoms with E-state index in [-0.39, 0.29) is 17.2 Å². The molecule has 0 aliphatic carbocycles. The Balaban J connectivity index is 1.62. The van der Waals surface area contributed by atoms with Crippen LogP contribution < -0.4 is 9.50 Å². The first kappa shape index (κ1) is 19.1. The molecule has 0 unspecified atom stereocenters. The van der Waals surface area contributed by atoms with Crippen LogP contribution in [0.4, 0.5) is 11.4 Å². The van der Waals surface area contributed by atoms with Gasteiger partial charge in [0.2, 0.25) is 0 Å². The molecule has 1 heterocycles. The Kier molecular flexibility index (Phi) is 5.41. The van der Waals surface area contributed by atoms with Gasteiger partial charge in [0, 0.05) is 17.8 Å². The number of non-ortho nitro benzene ring substituents is 1. The van der Waals surface area contributed by atoms with E-state index < -0.39 is 26.7 Å². The number of nitro benzene ring substituents is 1. The van der Waals surface area contributed by atoms with Gasteiger partial charge in [0.05, 0.1) is 11.2 Å². The van der Waals surface area contributed by atoms with Crippen LogP contribution in [-0.4, -0.2) is 19.2 Å². The maximum absolute atomic E-state index is 12.2. The molecule has 0 bridgehead atoms. The van der Waals surface area contributed by atoms with Gasteiger partial charge in [-0.2, -0.15) is 8.42 Å². The fourth-order valence-corrected chi connectivity index (χ4v) is 3.35. The lowest BCUT2D eigenvalue weighted by Gasteiger charge is -2.08. The fourth-order valence-electron chi connectivity index (χ4n) is 2.29. The van der Waals surface area contributed by atoms with E-state index in [4.69, 9.17) is 8.60 Å². The Morgan fingerprint density at radius 3 is 2.32 bits per heavy atom. The van der Waals surface area contributed by atoms with Gasteiger partial charge in [-0.3, -0.25) is 14.9 Å². The van der Waals surface area contributed by atoms with Crippen molar-refractivity contribution in [1.29, 1.82) is 0 Å². The van der Waals surface area contributed by atoms with Crippen LogP contribution in [0.1, 0.15) is 16.1 Å². The number of nitrogens with one attached hydrogen (secondary N) is 1. The van der Waals surface area contributed by atoms with Crippen LogP contribution in [-0.2, 0) is 15.9 Å². The first-order valence-corrected chi connectivity index (χ1v) is 9.50. The SMILES string of the molecule is O=C(Nc1ccc(OS(=O)(=O)Cc2ccc([N+](=O)[O-])cc2)cc1)c1ccco1. The van der Waals surface area contributed by atoms with Crippen molar-refractivity contribution < 1.29 is 26.7 Å². The summed E-state index contributed by atoms with van der Waals surface area (Å²) in [7, 11) is -3.96. The lowest BCUT2D eigenvalue weighted by Crippen LogP contribution is -2.13. The van der Waals surface area contributed by atoms with Crippen LogP contribution in [0.5, 0.6) is 5.75 Å². The molecule has 3 aromatic rings. The molecule has 1 aromatic heterocycles. The molecule has 0 fully saturated rings. The number of carbonyl (C=O) groups excluding carboxylic acids is 1. The summed E-state index contributed by atoms with van der Waals surface area (Å²) in [6, 6.07) is 14.0. The maximum atomic E-state index is 12.2. The summed E-state index contributed by atoms with van der Waals surface area (Å²) in [5.74, 6) is -0.671. The topological polar surface area (TPSA) is 129 Å². The molecule has 0 saturated heterocycles. The number of hydrogen-bond acceptors (Lipinski definition) is 7. The number of amides is 1. The molecule has 1 amide bonds. The summed E-state index contributed by atoms with van der Waals surface area (Å²) < 4.78 is 34.3. The number of benzene rings is 2. The average Bonchev–Trinajstić information content (AvgIpc) is 3.18. The number of anilines is 1. The minimum absolute atomic E-state index is 0.0675. The number of carbonyl (C=O) groups is 1. The van der Waals surface area contributed by atoms with E-state index in [0.29, 0.717) is 11.3 Å². The Labute approximate surface area is 159 Å². The van der Waals surface area contributed by atoms with Crippen molar-refractivity contribution in [1.82, 2.24) is 0 Å². The van der Waals surface area contributed by atoms with E-state index in [2.05, 4.69) is 5.32 Å². The maximum Gasteiger partial charge on any atom is 0.313 e. The Bertz CT molecular complexity index is 1070. The number of nitro groups is 1. The fraction of sp³-hybridized carbons (Fsp3) is 0.0556. The number of hydrogen-bond donors (Lipinski definition) is 1. The minimum Gasteiger partial charge on any atom is -0.459 e. The molecule has 0 atom stereocenters. The third kappa shape index (κ3) is 4.95. The van der Waals surface area contributed by atoms with Crippen LogP contribution in [0, 0.1) is 10.1 Å². The molecule has 0 radical (unpaired) electrons. The van der Waals surface area contributed by atoms with E-state index in [1.165, 1.54) is 60.9 Å². The zero-order valence-electron chi connectivity index (χ0n) is 14.3. The van der Waals surface area contributed by atoms with E-state index in [9.17, 15) is 23.3 Å². The third-order valence-corrected chi connectivity index (χ3v) is 4.70. The largest absolute Gasteiger partial charge is 0.459 e. The summed E-state index contributed by atoms with van der Waals surface area (Å²) in [6.45, 7) is 0. The first-order valence-electron chi connectivity index (χ1n) is 7.93. The number of rotatable bonds is 7. The molecule has 2 aromatic carbocycles. The summed E-state index contributed by atoms with van der Waals surface area (Å²) >= 11 is 0. The van der Waals surface area contributed by atoms with Crippen molar-refractivity contribution >= 4 is 27.4 Å². The lowest BCUT2D eigenvalue weighted by atomic mass is 10.2. The summed E-state index contributed by atoms with van der Waals surface area (Å²) in [4.78, 5) is 21.9. The van der Waals surface area contributed by atoms with Gasteiger partial charge < -0.3 is 13.9 Å². The second-order valence-corrected chi connectivity index (χ2v) is 7.24. The van der Waals surface area contributed by atoms with Crippen LogP contribution in [0.15, 0.2) is 71.3 Å². The van der Waals surface area contributed by atoms with Crippen LogP contribution in [0.2, 0.25) is 0 Å². The van der Waals surface area contributed by atoms with Gasteiger partial charge in [-0.25, -0.2) is 0 Å². The van der Waals surface area contributed by atoms with Crippen molar-refractivity contribution in [3.05, 3.63) is 88.4 Å². The van der Waals surface area contributed by atoms with E-state index in [0.717, 1.165) is 0 Å². The normalized spacial score (nSPS) is 11.0. The molecule has 10 heteroatoms. The van der Waals surface area contributed by atoms with E-state index in [1.54, 1.807) is 6.07 Å². The first-order chi connectivity index (χ1) is 13.3. The smallest absolute Gasteiger partial charge is 0.313 e. The Hall–Kier alpha value is -3.66. The summed E-state index contributed by atoms with van der Waals surface area (Å²) in [5.41, 5.74) is 0.656. The van der Waals surface area contributed by atoms with Crippen molar-refractivity contribution in [3.8, 4) is 5.75 Å². The average molecular weight is 402 g/mol. The zero-order chi connectivity index (χ0) is 20.1. The molecule has 0 aliphatic heterocycles.